The molecule has 2 aromatic rings. The fraction of sp³-hybridized carbons (Fsp3) is 0.308. The lowest BCUT2D eigenvalue weighted by molar-refractivity contribution is 0.571. The van der Waals surface area contributed by atoms with Gasteiger partial charge in [-0.05, 0) is 12.1 Å². The fourth-order valence-corrected chi connectivity index (χ4v) is 2.15. The van der Waals surface area contributed by atoms with Gasteiger partial charge in [-0.25, -0.2) is 0 Å². The summed E-state index contributed by atoms with van der Waals surface area (Å²) in [6, 6.07) is 4.91. The number of aromatic nitrogens is 1. The van der Waals surface area contributed by atoms with E-state index in [1.165, 1.54) is 0 Å². The van der Waals surface area contributed by atoms with Crippen LogP contribution in [0.25, 0.3) is 10.9 Å². The molecular weight excluding hydrogens is 257 g/mol. The van der Waals surface area contributed by atoms with Crippen LogP contribution in [0.2, 0.25) is 10.0 Å². The zero-order valence-electron chi connectivity index (χ0n) is 9.90. The molecule has 0 aliphatic rings. The lowest BCUT2D eigenvalue weighted by atomic mass is 9.91. The van der Waals surface area contributed by atoms with Gasteiger partial charge in [0.1, 0.15) is 0 Å². The minimum absolute atomic E-state index is 0.101. The van der Waals surface area contributed by atoms with Crippen molar-refractivity contribution in [1.29, 1.82) is 0 Å². The Kier molecular flexibility index (Phi) is 2.96. The number of aromatic amines is 1. The largest absolute Gasteiger partial charge is 0.356 e. The number of hydrogen-bond donors (Lipinski definition) is 1. The second kappa shape index (κ2) is 4.04. The van der Waals surface area contributed by atoms with Crippen LogP contribution in [-0.4, -0.2) is 4.98 Å². The molecule has 0 fully saturated rings. The van der Waals surface area contributed by atoms with Crippen molar-refractivity contribution in [3.05, 3.63) is 44.2 Å². The summed E-state index contributed by atoms with van der Waals surface area (Å²) in [6.07, 6.45) is 0. The van der Waals surface area contributed by atoms with Crippen molar-refractivity contribution in [1.82, 2.24) is 4.98 Å². The highest BCUT2D eigenvalue weighted by Crippen LogP contribution is 2.28. The van der Waals surface area contributed by atoms with Gasteiger partial charge in [-0.2, -0.15) is 0 Å². The predicted octanol–water partition coefficient (Wildman–Crippen LogP) is 4.13. The maximum atomic E-state index is 12.1. The van der Waals surface area contributed by atoms with Gasteiger partial charge >= 0.3 is 0 Å². The van der Waals surface area contributed by atoms with Crippen LogP contribution in [0.1, 0.15) is 26.5 Å². The van der Waals surface area contributed by atoms with E-state index in [9.17, 15) is 4.79 Å². The molecule has 90 valence electrons. The zero-order valence-corrected chi connectivity index (χ0v) is 11.4. The molecule has 0 atom stereocenters. The van der Waals surface area contributed by atoms with Crippen molar-refractivity contribution >= 4 is 34.1 Å². The lowest BCUT2D eigenvalue weighted by Gasteiger charge is -2.19. The quantitative estimate of drug-likeness (QED) is 0.767. The van der Waals surface area contributed by atoms with Gasteiger partial charge in [0.05, 0.1) is 20.9 Å². The van der Waals surface area contributed by atoms with E-state index in [1.54, 1.807) is 18.2 Å². The van der Waals surface area contributed by atoms with Gasteiger partial charge in [0.15, 0.2) is 5.43 Å². The summed E-state index contributed by atoms with van der Waals surface area (Å²) < 4.78 is 0. The number of pyridine rings is 1. The summed E-state index contributed by atoms with van der Waals surface area (Å²) in [6.45, 7) is 6.09. The third-order valence-electron chi connectivity index (χ3n) is 2.69. The molecule has 1 aromatic heterocycles. The minimum Gasteiger partial charge on any atom is -0.356 e. The number of benzene rings is 1. The van der Waals surface area contributed by atoms with E-state index in [2.05, 4.69) is 4.98 Å². The molecule has 0 radical (unpaired) electrons. The first-order chi connectivity index (χ1) is 7.80. The third-order valence-corrected chi connectivity index (χ3v) is 3.32. The molecule has 0 saturated carbocycles. The van der Waals surface area contributed by atoms with Crippen LogP contribution in [-0.2, 0) is 5.41 Å². The van der Waals surface area contributed by atoms with Gasteiger partial charge in [-0.15, -0.1) is 0 Å². The zero-order chi connectivity index (χ0) is 12.8. The van der Waals surface area contributed by atoms with Crippen LogP contribution < -0.4 is 5.43 Å². The third kappa shape index (κ3) is 2.20. The number of hydrogen-bond acceptors (Lipinski definition) is 1. The van der Waals surface area contributed by atoms with Gasteiger partial charge in [-0.3, -0.25) is 4.79 Å². The molecular formula is C13H13Cl2NO. The predicted molar refractivity (Wildman–Crippen MR) is 73.3 cm³/mol. The van der Waals surface area contributed by atoms with E-state index < -0.39 is 0 Å². The summed E-state index contributed by atoms with van der Waals surface area (Å²) in [5.74, 6) is 0. The van der Waals surface area contributed by atoms with E-state index in [0.717, 1.165) is 5.69 Å². The number of halogens is 2. The van der Waals surface area contributed by atoms with Crippen molar-refractivity contribution in [3.8, 4) is 0 Å². The van der Waals surface area contributed by atoms with Crippen LogP contribution in [0.5, 0.6) is 0 Å². The molecule has 0 aliphatic carbocycles. The molecule has 2 nitrogen and oxygen atoms in total. The van der Waals surface area contributed by atoms with Gasteiger partial charge in [0.2, 0.25) is 0 Å². The highest BCUT2D eigenvalue weighted by atomic mass is 35.5. The summed E-state index contributed by atoms with van der Waals surface area (Å²) in [4.78, 5) is 15.3. The first-order valence-electron chi connectivity index (χ1n) is 5.32. The standard InChI is InChI=1S/C13H13Cl2NO/c1-13(2,3)10-6-9(17)11-7(14)4-5-8(15)12(11)16-10/h4-6H,1-3H3,(H,16,17). The normalized spacial score (nSPS) is 12.1. The summed E-state index contributed by atoms with van der Waals surface area (Å²) in [7, 11) is 0. The second-order valence-corrected chi connectivity index (χ2v) is 5.89. The Morgan fingerprint density at radius 1 is 1.12 bits per heavy atom. The Morgan fingerprint density at radius 3 is 2.29 bits per heavy atom. The topological polar surface area (TPSA) is 32.9 Å². The molecule has 0 unspecified atom stereocenters. The molecule has 0 amide bonds. The molecule has 1 aromatic carbocycles. The number of H-pyrrole nitrogens is 1. The molecule has 4 heteroatoms. The van der Waals surface area contributed by atoms with Crippen LogP contribution in [0.15, 0.2) is 23.0 Å². The lowest BCUT2D eigenvalue weighted by Crippen LogP contribution is -2.17. The van der Waals surface area contributed by atoms with Crippen molar-refractivity contribution in [2.45, 2.75) is 26.2 Å². The van der Waals surface area contributed by atoms with E-state index in [0.29, 0.717) is 20.9 Å². The minimum atomic E-state index is -0.140. The van der Waals surface area contributed by atoms with Crippen LogP contribution in [0.3, 0.4) is 0 Å². The summed E-state index contributed by atoms with van der Waals surface area (Å²) >= 11 is 12.1. The molecule has 17 heavy (non-hydrogen) atoms. The SMILES string of the molecule is CC(C)(C)c1cc(=O)c2c(Cl)ccc(Cl)c2[nH]1. The first kappa shape index (κ1) is 12.5. The number of fused-ring (bicyclic) bond motifs is 1. The highest BCUT2D eigenvalue weighted by molar-refractivity contribution is 6.39. The molecule has 2 rings (SSSR count). The first-order valence-corrected chi connectivity index (χ1v) is 6.08. The monoisotopic (exact) mass is 269 g/mol. The van der Waals surface area contributed by atoms with Crippen LogP contribution in [0.4, 0.5) is 0 Å². The number of rotatable bonds is 0. The molecule has 0 bridgehead atoms. The Bertz CT molecular complexity index is 638. The molecule has 1 N–H and O–H groups in total. The van der Waals surface area contributed by atoms with Gasteiger partial charge in [0, 0.05) is 17.2 Å². The van der Waals surface area contributed by atoms with E-state index in [4.69, 9.17) is 23.2 Å². The Morgan fingerprint density at radius 2 is 1.71 bits per heavy atom. The average Bonchev–Trinajstić information content (AvgIpc) is 2.21. The molecule has 0 aliphatic heterocycles. The smallest absolute Gasteiger partial charge is 0.191 e. The average molecular weight is 270 g/mol. The van der Waals surface area contributed by atoms with E-state index >= 15 is 0 Å². The van der Waals surface area contributed by atoms with Gasteiger partial charge < -0.3 is 4.98 Å². The van der Waals surface area contributed by atoms with Crippen LogP contribution >= 0.6 is 23.2 Å². The van der Waals surface area contributed by atoms with Crippen LogP contribution in [0, 0.1) is 0 Å². The maximum Gasteiger partial charge on any atom is 0.191 e. The summed E-state index contributed by atoms with van der Waals surface area (Å²) in [5, 5.41) is 1.38. The maximum absolute atomic E-state index is 12.1. The van der Waals surface area contributed by atoms with Gasteiger partial charge in [0.25, 0.3) is 0 Å². The highest BCUT2D eigenvalue weighted by Gasteiger charge is 2.17. The molecule has 0 spiro atoms. The number of nitrogens with one attached hydrogen (secondary N) is 1. The fourth-order valence-electron chi connectivity index (χ4n) is 1.69. The molecule has 1 heterocycles. The Hall–Kier alpha value is -0.990. The summed E-state index contributed by atoms with van der Waals surface area (Å²) in [5.41, 5.74) is 1.21. The second-order valence-electron chi connectivity index (χ2n) is 5.08. The van der Waals surface area contributed by atoms with Crippen molar-refractivity contribution in [2.24, 2.45) is 0 Å². The van der Waals surface area contributed by atoms with Crippen molar-refractivity contribution in [3.63, 3.8) is 0 Å². The van der Waals surface area contributed by atoms with E-state index in [1.807, 2.05) is 20.8 Å². The van der Waals surface area contributed by atoms with Crippen molar-refractivity contribution in [2.75, 3.05) is 0 Å². The van der Waals surface area contributed by atoms with Gasteiger partial charge in [-0.1, -0.05) is 44.0 Å². The van der Waals surface area contributed by atoms with Crippen molar-refractivity contribution < 1.29 is 0 Å². The van der Waals surface area contributed by atoms with E-state index in [-0.39, 0.29) is 10.8 Å². The molecule has 0 saturated heterocycles. The Balaban J connectivity index is 2.92. The Labute approximate surface area is 110 Å².